The molecule has 0 unspecified atom stereocenters. The molecule has 3 nitrogen and oxygen atoms in total. The number of nitrogens with zero attached hydrogens (tertiary/aromatic N) is 2. The molecule has 1 aromatic rings. The Morgan fingerprint density at radius 2 is 1.94 bits per heavy atom. The van der Waals surface area contributed by atoms with Crippen LogP contribution in [0.4, 0.5) is 0 Å². The van der Waals surface area contributed by atoms with E-state index in [0.717, 1.165) is 18.9 Å². The second-order valence-electron chi connectivity index (χ2n) is 5.39. The summed E-state index contributed by atoms with van der Waals surface area (Å²) in [6.45, 7) is 4.81. The largest absolute Gasteiger partial charge is 0.317 e. The van der Waals surface area contributed by atoms with Crippen molar-refractivity contribution in [2.24, 2.45) is 5.92 Å². The SMILES string of the molecule is CN(CCc1ccncc1)CCC1CCNCC1. The number of aromatic nitrogens is 1. The number of rotatable bonds is 6. The van der Waals surface area contributed by atoms with Crippen LogP contribution in [0.15, 0.2) is 24.5 Å². The lowest BCUT2D eigenvalue weighted by Gasteiger charge is -2.25. The van der Waals surface area contributed by atoms with Gasteiger partial charge in [-0.2, -0.15) is 0 Å². The molecule has 1 aromatic heterocycles. The van der Waals surface area contributed by atoms with E-state index in [-0.39, 0.29) is 0 Å². The molecule has 0 radical (unpaired) electrons. The van der Waals surface area contributed by atoms with Crippen molar-refractivity contribution >= 4 is 0 Å². The molecule has 0 saturated carbocycles. The van der Waals surface area contributed by atoms with Crippen molar-refractivity contribution in [3.63, 3.8) is 0 Å². The first-order valence-electron chi connectivity index (χ1n) is 7.13. The fraction of sp³-hybridized carbons (Fsp3) is 0.667. The first-order valence-corrected chi connectivity index (χ1v) is 7.13. The lowest BCUT2D eigenvalue weighted by atomic mass is 9.94. The highest BCUT2D eigenvalue weighted by atomic mass is 15.1. The molecule has 2 heterocycles. The van der Waals surface area contributed by atoms with Crippen LogP contribution in [-0.4, -0.2) is 43.1 Å². The minimum absolute atomic E-state index is 0.939. The zero-order valence-corrected chi connectivity index (χ0v) is 11.4. The summed E-state index contributed by atoms with van der Waals surface area (Å²) in [5.41, 5.74) is 1.39. The van der Waals surface area contributed by atoms with Crippen LogP contribution in [0, 0.1) is 5.92 Å². The summed E-state index contributed by atoms with van der Waals surface area (Å²) >= 11 is 0. The van der Waals surface area contributed by atoms with E-state index in [4.69, 9.17) is 0 Å². The number of nitrogens with one attached hydrogen (secondary N) is 1. The van der Waals surface area contributed by atoms with Crippen molar-refractivity contribution in [2.75, 3.05) is 33.2 Å². The third kappa shape index (κ3) is 4.75. The average molecular weight is 247 g/mol. The van der Waals surface area contributed by atoms with Gasteiger partial charge < -0.3 is 10.2 Å². The van der Waals surface area contributed by atoms with Crippen molar-refractivity contribution in [3.05, 3.63) is 30.1 Å². The van der Waals surface area contributed by atoms with Crippen molar-refractivity contribution < 1.29 is 0 Å². The second kappa shape index (κ2) is 7.49. The van der Waals surface area contributed by atoms with Gasteiger partial charge in [-0.25, -0.2) is 0 Å². The molecule has 0 atom stereocenters. The Balaban J connectivity index is 1.61. The molecule has 2 rings (SSSR count). The van der Waals surface area contributed by atoms with Gasteiger partial charge in [-0.15, -0.1) is 0 Å². The van der Waals surface area contributed by atoms with Gasteiger partial charge in [-0.3, -0.25) is 4.98 Å². The molecule has 1 fully saturated rings. The van der Waals surface area contributed by atoms with Gasteiger partial charge in [-0.1, -0.05) is 0 Å². The van der Waals surface area contributed by atoms with E-state index in [1.807, 2.05) is 12.4 Å². The van der Waals surface area contributed by atoms with Gasteiger partial charge in [0.15, 0.2) is 0 Å². The molecule has 100 valence electrons. The predicted octanol–water partition coefficient (Wildman–Crippen LogP) is 1.95. The van der Waals surface area contributed by atoms with Crippen molar-refractivity contribution in [1.82, 2.24) is 15.2 Å². The molecular formula is C15H25N3. The van der Waals surface area contributed by atoms with Gasteiger partial charge in [0.25, 0.3) is 0 Å². The van der Waals surface area contributed by atoms with Crippen molar-refractivity contribution in [3.8, 4) is 0 Å². The van der Waals surface area contributed by atoms with Crippen LogP contribution in [0.1, 0.15) is 24.8 Å². The summed E-state index contributed by atoms with van der Waals surface area (Å²) in [6.07, 6.45) is 8.96. The number of likely N-dealkylation sites (N-methyl/N-ethyl adjacent to an activating group) is 1. The third-order valence-corrected chi connectivity index (χ3v) is 3.91. The second-order valence-corrected chi connectivity index (χ2v) is 5.39. The Bertz CT molecular complexity index is 320. The Hall–Kier alpha value is -0.930. The Morgan fingerprint density at radius 3 is 2.67 bits per heavy atom. The summed E-state index contributed by atoms with van der Waals surface area (Å²) in [4.78, 5) is 6.51. The van der Waals surface area contributed by atoms with E-state index in [1.165, 1.54) is 44.5 Å². The molecule has 0 bridgehead atoms. The molecule has 3 heteroatoms. The van der Waals surface area contributed by atoms with Crippen LogP contribution in [0.2, 0.25) is 0 Å². The Labute approximate surface area is 111 Å². The topological polar surface area (TPSA) is 28.2 Å². The smallest absolute Gasteiger partial charge is 0.0270 e. The van der Waals surface area contributed by atoms with Crippen LogP contribution >= 0.6 is 0 Å². The van der Waals surface area contributed by atoms with Gasteiger partial charge in [0.05, 0.1) is 0 Å². The fourth-order valence-corrected chi connectivity index (χ4v) is 2.55. The highest BCUT2D eigenvalue weighted by molar-refractivity contribution is 5.09. The molecule has 18 heavy (non-hydrogen) atoms. The normalized spacial score (nSPS) is 17.2. The predicted molar refractivity (Wildman–Crippen MR) is 75.6 cm³/mol. The minimum atomic E-state index is 0.939. The van der Waals surface area contributed by atoms with Gasteiger partial charge in [0, 0.05) is 18.9 Å². The maximum Gasteiger partial charge on any atom is 0.0270 e. The number of piperidine rings is 1. The quantitative estimate of drug-likeness (QED) is 0.833. The molecule has 1 N–H and O–H groups in total. The molecule has 1 aliphatic heterocycles. The average Bonchev–Trinajstić information content (AvgIpc) is 2.45. The van der Waals surface area contributed by atoms with Gasteiger partial charge in [-0.05, 0) is 76.0 Å². The lowest BCUT2D eigenvalue weighted by molar-refractivity contribution is 0.273. The van der Waals surface area contributed by atoms with Crippen LogP contribution in [0.3, 0.4) is 0 Å². The Kier molecular flexibility index (Phi) is 5.62. The van der Waals surface area contributed by atoms with Crippen LogP contribution in [0.5, 0.6) is 0 Å². The molecular weight excluding hydrogens is 222 g/mol. The van der Waals surface area contributed by atoms with Crippen LogP contribution in [-0.2, 0) is 6.42 Å². The zero-order chi connectivity index (χ0) is 12.6. The maximum atomic E-state index is 4.05. The third-order valence-electron chi connectivity index (χ3n) is 3.91. The van der Waals surface area contributed by atoms with Gasteiger partial charge in [0.2, 0.25) is 0 Å². The van der Waals surface area contributed by atoms with E-state index >= 15 is 0 Å². The summed E-state index contributed by atoms with van der Waals surface area (Å²) in [7, 11) is 2.24. The highest BCUT2D eigenvalue weighted by Crippen LogP contribution is 2.15. The zero-order valence-electron chi connectivity index (χ0n) is 11.4. The highest BCUT2D eigenvalue weighted by Gasteiger charge is 2.13. The number of pyridine rings is 1. The minimum Gasteiger partial charge on any atom is -0.317 e. The molecule has 0 amide bonds. The summed E-state index contributed by atoms with van der Waals surface area (Å²) < 4.78 is 0. The van der Waals surface area contributed by atoms with E-state index in [9.17, 15) is 0 Å². The van der Waals surface area contributed by atoms with Gasteiger partial charge >= 0.3 is 0 Å². The van der Waals surface area contributed by atoms with E-state index in [1.54, 1.807) is 0 Å². The lowest BCUT2D eigenvalue weighted by Crippen LogP contribution is -2.30. The van der Waals surface area contributed by atoms with Gasteiger partial charge in [0.1, 0.15) is 0 Å². The summed E-state index contributed by atoms with van der Waals surface area (Å²) in [5.74, 6) is 0.939. The van der Waals surface area contributed by atoms with Crippen LogP contribution in [0.25, 0.3) is 0 Å². The number of hydrogen-bond acceptors (Lipinski definition) is 3. The molecule has 0 aromatic carbocycles. The standard InChI is InChI=1S/C15H25N3/c1-18(12-6-14-2-8-16-9-3-14)13-7-15-4-10-17-11-5-15/h2-3,8-9,15,17H,4-7,10-13H2,1H3. The molecule has 0 spiro atoms. The molecule has 1 saturated heterocycles. The summed E-state index contributed by atoms with van der Waals surface area (Å²) in [6, 6.07) is 4.22. The number of hydrogen-bond donors (Lipinski definition) is 1. The van der Waals surface area contributed by atoms with E-state index in [0.29, 0.717) is 0 Å². The Morgan fingerprint density at radius 1 is 1.22 bits per heavy atom. The molecule has 0 aliphatic carbocycles. The first kappa shape index (κ1) is 13.5. The van der Waals surface area contributed by atoms with E-state index in [2.05, 4.69) is 34.4 Å². The maximum absolute atomic E-state index is 4.05. The van der Waals surface area contributed by atoms with E-state index < -0.39 is 0 Å². The monoisotopic (exact) mass is 247 g/mol. The summed E-state index contributed by atoms with van der Waals surface area (Å²) in [5, 5.41) is 3.43. The van der Waals surface area contributed by atoms with Crippen molar-refractivity contribution in [2.45, 2.75) is 25.7 Å². The first-order chi connectivity index (χ1) is 8.84. The fourth-order valence-electron chi connectivity index (χ4n) is 2.55. The van der Waals surface area contributed by atoms with Crippen LogP contribution < -0.4 is 5.32 Å². The molecule has 1 aliphatic rings. The van der Waals surface area contributed by atoms with Crippen molar-refractivity contribution in [1.29, 1.82) is 0 Å².